The second-order valence-corrected chi connectivity index (χ2v) is 2.66. The standard InChI is InChI=1S/C8H5BrN2O/c9-4-8(12)7-3-6(5-10)1-2-11-7/h1-3H,4H2. The van der Waals surface area contributed by atoms with Crippen molar-refractivity contribution in [2.24, 2.45) is 0 Å². The molecule has 0 aliphatic rings. The van der Waals surface area contributed by atoms with Gasteiger partial charge < -0.3 is 0 Å². The van der Waals surface area contributed by atoms with Gasteiger partial charge in [-0.2, -0.15) is 5.26 Å². The van der Waals surface area contributed by atoms with Crippen LogP contribution in [-0.2, 0) is 0 Å². The van der Waals surface area contributed by atoms with E-state index in [0.29, 0.717) is 11.3 Å². The number of alkyl halides is 1. The number of rotatable bonds is 2. The van der Waals surface area contributed by atoms with Crippen molar-refractivity contribution < 1.29 is 4.79 Å². The minimum absolute atomic E-state index is 0.118. The first-order valence-corrected chi connectivity index (χ1v) is 4.35. The highest BCUT2D eigenvalue weighted by atomic mass is 79.9. The summed E-state index contributed by atoms with van der Waals surface area (Å²) in [5, 5.41) is 8.75. The van der Waals surface area contributed by atoms with E-state index in [9.17, 15) is 4.79 Å². The van der Waals surface area contributed by atoms with E-state index in [1.807, 2.05) is 6.07 Å². The van der Waals surface area contributed by atoms with Crippen molar-refractivity contribution in [1.82, 2.24) is 4.98 Å². The summed E-state index contributed by atoms with van der Waals surface area (Å²) >= 11 is 3.03. The zero-order valence-electron chi connectivity index (χ0n) is 6.12. The Morgan fingerprint density at radius 3 is 3.08 bits per heavy atom. The number of carbonyl (C=O) groups excluding carboxylic acids is 1. The fourth-order valence-electron chi connectivity index (χ4n) is 0.721. The zero-order valence-corrected chi connectivity index (χ0v) is 7.71. The number of aromatic nitrogens is 1. The molecule has 12 heavy (non-hydrogen) atoms. The van der Waals surface area contributed by atoms with Crippen LogP contribution in [0.5, 0.6) is 0 Å². The SMILES string of the molecule is N#Cc1ccnc(C(=O)CBr)c1. The average molecular weight is 225 g/mol. The topological polar surface area (TPSA) is 53.8 Å². The van der Waals surface area contributed by atoms with Crippen LogP contribution in [-0.4, -0.2) is 16.1 Å². The second kappa shape index (κ2) is 3.98. The molecule has 1 heterocycles. The van der Waals surface area contributed by atoms with Gasteiger partial charge in [-0.25, -0.2) is 0 Å². The molecule has 60 valence electrons. The maximum absolute atomic E-state index is 11.1. The molecule has 3 nitrogen and oxygen atoms in total. The number of hydrogen-bond acceptors (Lipinski definition) is 3. The first kappa shape index (κ1) is 8.88. The van der Waals surface area contributed by atoms with Crippen LogP contribution in [0.25, 0.3) is 0 Å². The molecule has 1 rings (SSSR count). The molecule has 0 spiro atoms. The fourth-order valence-corrected chi connectivity index (χ4v) is 1.01. The summed E-state index contributed by atoms with van der Waals surface area (Å²) in [4.78, 5) is 14.9. The molecule has 0 saturated heterocycles. The van der Waals surface area contributed by atoms with E-state index in [0.717, 1.165) is 0 Å². The lowest BCUT2D eigenvalue weighted by molar-refractivity contribution is 0.101. The van der Waals surface area contributed by atoms with Crippen molar-refractivity contribution in [3.63, 3.8) is 0 Å². The maximum Gasteiger partial charge on any atom is 0.191 e. The molecule has 0 N–H and O–H groups in total. The van der Waals surface area contributed by atoms with E-state index in [1.165, 1.54) is 12.3 Å². The van der Waals surface area contributed by atoms with Crippen molar-refractivity contribution in [3.05, 3.63) is 29.6 Å². The van der Waals surface area contributed by atoms with Gasteiger partial charge in [0.2, 0.25) is 0 Å². The molecule has 1 aromatic heterocycles. The molecule has 0 aliphatic carbocycles. The number of hydrogen-bond donors (Lipinski definition) is 0. The molecule has 0 unspecified atom stereocenters. The van der Waals surface area contributed by atoms with Crippen LogP contribution in [0, 0.1) is 11.3 Å². The molecule has 0 saturated carbocycles. The van der Waals surface area contributed by atoms with E-state index >= 15 is 0 Å². The van der Waals surface area contributed by atoms with Crippen molar-refractivity contribution in [2.75, 3.05) is 5.33 Å². The summed E-state index contributed by atoms with van der Waals surface area (Å²) in [5.41, 5.74) is 0.778. The quantitative estimate of drug-likeness (QED) is 0.566. The molecule has 0 aliphatic heterocycles. The van der Waals surface area contributed by atoms with Crippen LogP contribution in [0.15, 0.2) is 18.3 Å². The number of pyridine rings is 1. The third-order valence-corrected chi connectivity index (χ3v) is 1.81. The largest absolute Gasteiger partial charge is 0.291 e. The summed E-state index contributed by atoms with van der Waals surface area (Å²) in [6.45, 7) is 0. The molecular formula is C8H5BrN2O. The highest BCUT2D eigenvalue weighted by Gasteiger charge is 2.04. The first-order chi connectivity index (χ1) is 5.77. The zero-order chi connectivity index (χ0) is 8.97. The van der Waals surface area contributed by atoms with E-state index in [1.54, 1.807) is 6.07 Å². The van der Waals surface area contributed by atoms with E-state index in [2.05, 4.69) is 20.9 Å². The van der Waals surface area contributed by atoms with Crippen LogP contribution in [0.1, 0.15) is 16.1 Å². The number of ketones is 1. The van der Waals surface area contributed by atoms with Crippen molar-refractivity contribution in [3.8, 4) is 6.07 Å². The van der Waals surface area contributed by atoms with Gasteiger partial charge in [0.1, 0.15) is 5.69 Å². The van der Waals surface area contributed by atoms with Gasteiger partial charge in [-0.15, -0.1) is 0 Å². The normalized spacial score (nSPS) is 9.00. The van der Waals surface area contributed by atoms with Gasteiger partial charge in [0, 0.05) is 6.20 Å². The lowest BCUT2D eigenvalue weighted by Gasteiger charge is -1.94. The van der Waals surface area contributed by atoms with Gasteiger partial charge in [0.25, 0.3) is 0 Å². The second-order valence-electron chi connectivity index (χ2n) is 2.10. The van der Waals surface area contributed by atoms with E-state index in [4.69, 9.17) is 5.26 Å². The van der Waals surface area contributed by atoms with Crippen LogP contribution >= 0.6 is 15.9 Å². The lowest BCUT2D eigenvalue weighted by Crippen LogP contribution is -2.02. The van der Waals surface area contributed by atoms with Gasteiger partial charge in [-0.05, 0) is 12.1 Å². The van der Waals surface area contributed by atoms with Crippen molar-refractivity contribution in [2.45, 2.75) is 0 Å². The highest BCUT2D eigenvalue weighted by molar-refractivity contribution is 9.09. The van der Waals surface area contributed by atoms with Gasteiger partial charge in [0.15, 0.2) is 5.78 Å². The van der Waals surface area contributed by atoms with Crippen LogP contribution in [0.3, 0.4) is 0 Å². The Bertz CT molecular complexity index is 343. The highest BCUT2D eigenvalue weighted by Crippen LogP contribution is 2.02. The Balaban J connectivity index is 3.04. The summed E-state index contributed by atoms with van der Waals surface area (Å²) in [5.74, 6) is -0.118. The van der Waals surface area contributed by atoms with Crippen LogP contribution in [0.4, 0.5) is 0 Å². The first-order valence-electron chi connectivity index (χ1n) is 3.23. The van der Waals surface area contributed by atoms with E-state index in [-0.39, 0.29) is 11.1 Å². The monoisotopic (exact) mass is 224 g/mol. The van der Waals surface area contributed by atoms with Crippen molar-refractivity contribution >= 4 is 21.7 Å². The molecular weight excluding hydrogens is 220 g/mol. The third-order valence-electron chi connectivity index (χ3n) is 1.30. The molecule has 1 aromatic rings. The lowest BCUT2D eigenvalue weighted by atomic mass is 10.2. The van der Waals surface area contributed by atoms with Crippen LogP contribution in [0.2, 0.25) is 0 Å². The summed E-state index contributed by atoms with van der Waals surface area (Å²) in [7, 11) is 0. The summed E-state index contributed by atoms with van der Waals surface area (Å²) in [6, 6.07) is 4.98. The number of nitriles is 1. The average Bonchev–Trinajstić information content (AvgIpc) is 2.17. The Morgan fingerprint density at radius 2 is 2.50 bits per heavy atom. The number of Topliss-reactive ketones (excluding diaryl/α,β-unsaturated/α-hetero) is 1. The van der Waals surface area contributed by atoms with Gasteiger partial charge in [-0.3, -0.25) is 9.78 Å². The summed E-state index contributed by atoms with van der Waals surface area (Å²) < 4.78 is 0. The molecule has 0 radical (unpaired) electrons. The fraction of sp³-hybridized carbons (Fsp3) is 0.125. The van der Waals surface area contributed by atoms with Crippen molar-refractivity contribution in [1.29, 1.82) is 5.26 Å². The molecule has 0 fully saturated rings. The third kappa shape index (κ3) is 1.89. The molecule has 0 atom stereocenters. The maximum atomic E-state index is 11.1. The van der Waals surface area contributed by atoms with Gasteiger partial charge in [0.05, 0.1) is 17.0 Å². The number of halogens is 1. The molecule has 0 bridgehead atoms. The van der Waals surface area contributed by atoms with Gasteiger partial charge in [-0.1, -0.05) is 15.9 Å². The van der Waals surface area contributed by atoms with Crippen LogP contribution < -0.4 is 0 Å². The molecule has 0 amide bonds. The Kier molecular flexibility index (Phi) is 2.94. The Labute approximate surface area is 78.2 Å². The Hall–Kier alpha value is -1.21. The predicted octanol–water partition coefficient (Wildman–Crippen LogP) is 1.53. The predicted molar refractivity (Wildman–Crippen MR) is 47.1 cm³/mol. The minimum atomic E-state index is -0.118. The number of nitrogens with zero attached hydrogens (tertiary/aromatic N) is 2. The van der Waals surface area contributed by atoms with E-state index < -0.39 is 0 Å². The molecule has 4 heteroatoms. The molecule has 0 aromatic carbocycles. The van der Waals surface area contributed by atoms with Gasteiger partial charge >= 0.3 is 0 Å². The smallest absolute Gasteiger partial charge is 0.191 e. The minimum Gasteiger partial charge on any atom is -0.291 e. The summed E-state index contributed by atoms with van der Waals surface area (Å²) in [6.07, 6.45) is 1.45. The number of carbonyl (C=O) groups is 1. The Morgan fingerprint density at radius 1 is 1.75 bits per heavy atom.